The number of aryl methyl sites for hydroxylation is 1. The van der Waals surface area contributed by atoms with E-state index < -0.39 is 0 Å². The van der Waals surface area contributed by atoms with Crippen LogP contribution in [0.1, 0.15) is 38.9 Å². The summed E-state index contributed by atoms with van der Waals surface area (Å²) in [5.41, 5.74) is 6.49. The summed E-state index contributed by atoms with van der Waals surface area (Å²) in [7, 11) is 3.35. The largest absolute Gasteiger partial charge is 0.508 e. The standard InChI is InChI=1S/C12H17ClO2.C9H12O2/c1-7-8(2)12(15-5)10(6-13)9(3)11(7)14-4;1-5-4-8(10)6(2)7(3)9(5)11/h6H2,1-5H3;4,10-11H,1-3H3. The number of phenolic OH excluding ortho intramolecular Hbond substituents is 2. The SMILES string of the molecule is COc1c(C)c(C)c(OC)c(CCl)c1C.Cc1cc(O)c(C)c(C)c1O. The monoisotopic (exact) mass is 380 g/mol. The van der Waals surface area contributed by atoms with Crippen molar-refractivity contribution in [2.24, 2.45) is 0 Å². The van der Waals surface area contributed by atoms with Gasteiger partial charge in [0.2, 0.25) is 0 Å². The molecule has 5 heteroatoms. The van der Waals surface area contributed by atoms with Crippen LogP contribution in [0.2, 0.25) is 0 Å². The third kappa shape index (κ3) is 4.18. The van der Waals surface area contributed by atoms with Gasteiger partial charge in [-0.15, -0.1) is 11.6 Å². The number of halogens is 1. The topological polar surface area (TPSA) is 58.9 Å². The number of benzene rings is 2. The van der Waals surface area contributed by atoms with Crippen molar-refractivity contribution in [3.63, 3.8) is 0 Å². The van der Waals surface area contributed by atoms with E-state index in [1.54, 1.807) is 41.1 Å². The second kappa shape index (κ2) is 9.04. The molecule has 0 saturated carbocycles. The van der Waals surface area contributed by atoms with Crippen LogP contribution in [0.3, 0.4) is 0 Å². The van der Waals surface area contributed by atoms with Crippen molar-refractivity contribution < 1.29 is 19.7 Å². The molecule has 2 aromatic rings. The molecule has 0 amide bonds. The van der Waals surface area contributed by atoms with Gasteiger partial charge in [0, 0.05) is 5.56 Å². The fourth-order valence-electron chi connectivity index (χ4n) is 2.95. The highest BCUT2D eigenvalue weighted by Crippen LogP contribution is 2.38. The molecule has 0 heterocycles. The highest BCUT2D eigenvalue weighted by atomic mass is 35.5. The summed E-state index contributed by atoms with van der Waals surface area (Å²) < 4.78 is 10.8. The Morgan fingerprint density at radius 1 is 0.769 bits per heavy atom. The normalized spacial score (nSPS) is 10.2. The number of aromatic hydroxyl groups is 2. The van der Waals surface area contributed by atoms with Crippen LogP contribution in [0.4, 0.5) is 0 Å². The van der Waals surface area contributed by atoms with E-state index in [0.29, 0.717) is 11.4 Å². The number of hydrogen-bond donors (Lipinski definition) is 2. The molecule has 0 unspecified atom stereocenters. The molecular formula is C21H29ClO4. The molecule has 0 aliphatic carbocycles. The molecule has 144 valence electrons. The lowest BCUT2D eigenvalue weighted by atomic mass is 9.98. The number of ether oxygens (including phenoxy) is 2. The molecule has 2 N–H and O–H groups in total. The van der Waals surface area contributed by atoms with E-state index in [1.165, 1.54) is 0 Å². The maximum absolute atomic E-state index is 9.40. The summed E-state index contributed by atoms with van der Waals surface area (Å²) >= 11 is 5.93. The minimum atomic E-state index is 0.248. The van der Waals surface area contributed by atoms with Gasteiger partial charge in [-0.1, -0.05) is 0 Å². The van der Waals surface area contributed by atoms with Crippen molar-refractivity contribution in [2.45, 2.75) is 47.4 Å². The van der Waals surface area contributed by atoms with Gasteiger partial charge in [-0.25, -0.2) is 0 Å². The van der Waals surface area contributed by atoms with Crippen LogP contribution in [0.15, 0.2) is 6.07 Å². The number of rotatable bonds is 3. The molecule has 2 aromatic carbocycles. The maximum atomic E-state index is 9.40. The van der Waals surface area contributed by atoms with Crippen molar-refractivity contribution in [2.75, 3.05) is 14.2 Å². The van der Waals surface area contributed by atoms with E-state index in [0.717, 1.165) is 44.9 Å². The van der Waals surface area contributed by atoms with Crippen molar-refractivity contribution in [3.8, 4) is 23.0 Å². The first kappa shape index (κ1) is 22.0. The lowest BCUT2D eigenvalue weighted by Crippen LogP contribution is -2.02. The number of alkyl halides is 1. The quantitative estimate of drug-likeness (QED) is 0.553. The summed E-state index contributed by atoms with van der Waals surface area (Å²) in [5.74, 6) is 2.75. The summed E-state index contributed by atoms with van der Waals surface area (Å²) in [5, 5.41) is 18.7. The molecule has 0 aliphatic heterocycles. The van der Waals surface area contributed by atoms with Gasteiger partial charge >= 0.3 is 0 Å². The molecule has 0 spiro atoms. The Bertz CT molecular complexity index is 772. The van der Waals surface area contributed by atoms with Gasteiger partial charge in [-0.2, -0.15) is 0 Å². The zero-order chi connectivity index (χ0) is 20.2. The molecule has 0 fully saturated rings. The summed E-state index contributed by atoms with van der Waals surface area (Å²) in [4.78, 5) is 0. The fraction of sp³-hybridized carbons (Fsp3) is 0.429. The van der Waals surface area contributed by atoms with Gasteiger partial charge in [0.15, 0.2) is 0 Å². The van der Waals surface area contributed by atoms with Crippen molar-refractivity contribution in [1.82, 2.24) is 0 Å². The van der Waals surface area contributed by atoms with E-state index in [1.807, 2.05) is 20.8 Å². The number of hydrogen-bond acceptors (Lipinski definition) is 4. The van der Waals surface area contributed by atoms with Crippen LogP contribution in [-0.2, 0) is 5.88 Å². The molecule has 0 aliphatic rings. The number of phenols is 2. The highest BCUT2D eigenvalue weighted by Gasteiger charge is 2.17. The van der Waals surface area contributed by atoms with Gasteiger partial charge in [0.05, 0.1) is 20.1 Å². The third-order valence-corrected chi connectivity index (χ3v) is 5.15. The van der Waals surface area contributed by atoms with Crippen LogP contribution in [0.5, 0.6) is 23.0 Å². The lowest BCUT2D eigenvalue weighted by Gasteiger charge is -2.19. The first-order chi connectivity index (χ1) is 12.1. The maximum Gasteiger partial charge on any atom is 0.126 e. The summed E-state index contributed by atoms with van der Waals surface area (Å²) in [6, 6.07) is 1.57. The molecule has 0 radical (unpaired) electrons. The average molecular weight is 381 g/mol. The van der Waals surface area contributed by atoms with Crippen LogP contribution in [0.25, 0.3) is 0 Å². The third-order valence-electron chi connectivity index (χ3n) is 4.88. The van der Waals surface area contributed by atoms with Crippen molar-refractivity contribution >= 4 is 11.6 Å². The fourth-order valence-corrected chi connectivity index (χ4v) is 3.27. The van der Waals surface area contributed by atoms with E-state index in [9.17, 15) is 10.2 Å². The molecule has 0 saturated heterocycles. The molecule has 0 atom stereocenters. The van der Waals surface area contributed by atoms with E-state index in [-0.39, 0.29) is 11.5 Å². The molecule has 0 bridgehead atoms. The van der Waals surface area contributed by atoms with Crippen LogP contribution in [0, 0.1) is 41.5 Å². The van der Waals surface area contributed by atoms with Gasteiger partial charge in [0.1, 0.15) is 23.0 Å². The average Bonchev–Trinajstić information content (AvgIpc) is 2.62. The Labute approximate surface area is 161 Å². The van der Waals surface area contributed by atoms with Gasteiger partial charge in [-0.05, 0) is 81.0 Å². The lowest BCUT2D eigenvalue weighted by molar-refractivity contribution is 0.392. The van der Waals surface area contributed by atoms with E-state index in [2.05, 4.69) is 0 Å². The Morgan fingerprint density at radius 2 is 1.27 bits per heavy atom. The second-order valence-electron chi connectivity index (χ2n) is 6.36. The minimum absolute atomic E-state index is 0.248. The molecule has 2 rings (SSSR count). The molecule has 0 aromatic heterocycles. The zero-order valence-electron chi connectivity index (χ0n) is 16.9. The first-order valence-corrected chi connectivity index (χ1v) is 8.90. The van der Waals surface area contributed by atoms with Gasteiger partial charge < -0.3 is 19.7 Å². The predicted molar refractivity (Wildman–Crippen MR) is 107 cm³/mol. The zero-order valence-corrected chi connectivity index (χ0v) is 17.6. The Hall–Kier alpha value is -2.07. The van der Waals surface area contributed by atoms with Crippen molar-refractivity contribution in [1.29, 1.82) is 0 Å². The minimum Gasteiger partial charge on any atom is -0.508 e. The van der Waals surface area contributed by atoms with Crippen LogP contribution in [-0.4, -0.2) is 24.4 Å². The van der Waals surface area contributed by atoms with E-state index >= 15 is 0 Å². The Kier molecular flexibility index (Phi) is 7.64. The van der Waals surface area contributed by atoms with Gasteiger partial charge in [0.25, 0.3) is 0 Å². The Balaban J connectivity index is 0.000000273. The second-order valence-corrected chi connectivity index (χ2v) is 6.63. The summed E-state index contributed by atoms with van der Waals surface area (Å²) in [6.07, 6.45) is 0. The first-order valence-electron chi connectivity index (χ1n) is 8.37. The smallest absolute Gasteiger partial charge is 0.126 e. The van der Waals surface area contributed by atoms with Crippen molar-refractivity contribution in [3.05, 3.63) is 45.0 Å². The predicted octanol–water partition coefficient (Wildman–Crippen LogP) is 5.39. The van der Waals surface area contributed by atoms with Gasteiger partial charge in [-0.3, -0.25) is 0 Å². The molecular weight excluding hydrogens is 352 g/mol. The highest BCUT2D eigenvalue weighted by molar-refractivity contribution is 6.17. The van der Waals surface area contributed by atoms with Crippen LogP contribution < -0.4 is 9.47 Å². The van der Waals surface area contributed by atoms with E-state index in [4.69, 9.17) is 21.1 Å². The molecule has 26 heavy (non-hydrogen) atoms. The Morgan fingerprint density at radius 3 is 1.73 bits per heavy atom. The molecule has 4 nitrogen and oxygen atoms in total. The van der Waals surface area contributed by atoms with Crippen LogP contribution >= 0.6 is 11.6 Å². The number of methoxy groups -OCH3 is 2. The summed E-state index contributed by atoms with van der Waals surface area (Å²) in [6.45, 7) is 11.4.